The van der Waals surface area contributed by atoms with Crippen molar-refractivity contribution >= 4 is 17.2 Å². The van der Waals surface area contributed by atoms with E-state index in [1.54, 1.807) is 0 Å². The monoisotopic (exact) mass is 346 g/mol. The van der Waals surface area contributed by atoms with Gasteiger partial charge in [0.25, 0.3) is 5.91 Å². The van der Waals surface area contributed by atoms with E-state index >= 15 is 0 Å². The van der Waals surface area contributed by atoms with Gasteiger partial charge in [-0.2, -0.15) is 0 Å². The molecule has 0 fully saturated rings. The molecular formula is C19H26N2O2S. The zero-order chi connectivity index (χ0) is 17.5. The van der Waals surface area contributed by atoms with Gasteiger partial charge in [-0.15, -0.1) is 11.3 Å². The Morgan fingerprint density at radius 3 is 2.67 bits per heavy atom. The van der Waals surface area contributed by atoms with Gasteiger partial charge in [-0.25, -0.2) is 4.98 Å². The van der Waals surface area contributed by atoms with Gasteiger partial charge in [-0.1, -0.05) is 38.1 Å². The lowest BCUT2D eigenvalue weighted by molar-refractivity contribution is 0.0953. The number of benzene rings is 1. The molecule has 5 heteroatoms. The van der Waals surface area contributed by atoms with Crippen molar-refractivity contribution in [2.75, 3.05) is 6.61 Å². The molecular weight excluding hydrogens is 320 g/mol. The summed E-state index contributed by atoms with van der Waals surface area (Å²) in [5.41, 5.74) is 3.01. The van der Waals surface area contributed by atoms with Crippen molar-refractivity contribution in [2.24, 2.45) is 5.92 Å². The number of amides is 1. The van der Waals surface area contributed by atoms with Crippen LogP contribution in [0.5, 0.6) is 0 Å². The molecule has 130 valence electrons. The molecule has 2 rings (SSSR count). The average molecular weight is 346 g/mol. The van der Waals surface area contributed by atoms with Crippen molar-refractivity contribution in [1.82, 2.24) is 10.3 Å². The quantitative estimate of drug-likeness (QED) is 0.782. The molecule has 1 N–H and O–H groups in total. The van der Waals surface area contributed by atoms with Crippen LogP contribution in [0.2, 0.25) is 0 Å². The Bertz CT molecular complexity index is 680. The molecule has 0 aliphatic heterocycles. The maximum atomic E-state index is 12.5. The van der Waals surface area contributed by atoms with Crippen LogP contribution in [0.3, 0.4) is 0 Å². The first kappa shape index (κ1) is 18.6. The number of rotatable bonds is 8. The Morgan fingerprint density at radius 1 is 1.29 bits per heavy atom. The van der Waals surface area contributed by atoms with Crippen LogP contribution in [0.25, 0.3) is 0 Å². The van der Waals surface area contributed by atoms with E-state index in [1.165, 1.54) is 11.3 Å². The number of carbonyl (C=O) groups is 1. The SMILES string of the molecule is CCOCc1ccccc1CNC(=O)c1sc(CC(C)C)nc1C. The van der Waals surface area contributed by atoms with Gasteiger partial charge >= 0.3 is 0 Å². The summed E-state index contributed by atoms with van der Waals surface area (Å²) in [5.74, 6) is 0.489. The number of nitrogens with one attached hydrogen (secondary N) is 1. The van der Waals surface area contributed by atoms with Crippen molar-refractivity contribution < 1.29 is 9.53 Å². The Hall–Kier alpha value is -1.72. The first-order chi connectivity index (χ1) is 11.5. The van der Waals surface area contributed by atoms with Crippen LogP contribution in [0, 0.1) is 12.8 Å². The van der Waals surface area contributed by atoms with Crippen molar-refractivity contribution in [3.05, 3.63) is 51.0 Å². The number of ether oxygens (including phenoxy) is 1. The number of carbonyl (C=O) groups excluding carboxylic acids is 1. The first-order valence-corrected chi connectivity index (χ1v) is 9.22. The van der Waals surface area contributed by atoms with Crippen LogP contribution in [-0.2, 0) is 24.3 Å². The molecule has 24 heavy (non-hydrogen) atoms. The minimum absolute atomic E-state index is 0.0498. The summed E-state index contributed by atoms with van der Waals surface area (Å²) in [6.07, 6.45) is 0.913. The van der Waals surface area contributed by atoms with Gasteiger partial charge in [-0.05, 0) is 30.9 Å². The Morgan fingerprint density at radius 2 is 2.00 bits per heavy atom. The van der Waals surface area contributed by atoms with Crippen LogP contribution in [-0.4, -0.2) is 17.5 Å². The van der Waals surface area contributed by atoms with E-state index in [0.717, 1.165) is 28.2 Å². The Labute approximate surface area is 148 Å². The third-order valence-corrected chi connectivity index (χ3v) is 4.83. The van der Waals surface area contributed by atoms with Gasteiger partial charge in [0, 0.05) is 19.6 Å². The molecule has 0 unspecified atom stereocenters. The highest BCUT2D eigenvalue weighted by Crippen LogP contribution is 2.21. The summed E-state index contributed by atoms with van der Waals surface area (Å²) in [6, 6.07) is 8.04. The van der Waals surface area contributed by atoms with Crippen molar-refractivity contribution in [3.8, 4) is 0 Å². The average Bonchev–Trinajstić information content (AvgIpc) is 2.91. The molecule has 4 nitrogen and oxygen atoms in total. The molecule has 1 aromatic carbocycles. The maximum absolute atomic E-state index is 12.5. The predicted octanol–water partition coefficient (Wildman–Crippen LogP) is 4.12. The first-order valence-electron chi connectivity index (χ1n) is 8.40. The van der Waals surface area contributed by atoms with E-state index in [0.29, 0.717) is 30.6 Å². The second kappa shape index (κ2) is 8.94. The summed E-state index contributed by atoms with van der Waals surface area (Å²) >= 11 is 1.50. The van der Waals surface area contributed by atoms with Crippen molar-refractivity contribution in [1.29, 1.82) is 0 Å². The topological polar surface area (TPSA) is 51.2 Å². The fourth-order valence-corrected chi connectivity index (χ4v) is 3.63. The van der Waals surface area contributed by atoms with Crippen LogP contribution < -0.4 is 5.32 Å². The number of hydrogen-bond donors (Lipinski definition) is 1. The number of nitrogens with zero attached hydrogens (tertiary/aromatic N) is 1. The molecule has 2 aromatic rings. The maximum Gasteiger partial charge on any atom is 0.263 e. The van der Waals surface area contributed by atoms with Crippen molar-refractivity contribution in [2.45, 2.75) is 47.3 Å². The Balaban J connectivity index is 2.02. The van der Waals surface area contributed by atoms with E-state index in [4.69, 9.17) is 4.74 Å². The lowest BCUT2D eigenvalue weighted by atomic mass is 10.1. The van der Waals surface area contributed by atoms with Crippen molar-refractivity contribution in [3.63, 3.8) is 0 Å². The lowest BCUT2D eigenvalue weighted by Gasteiger charge is -2.10. The van der Waals surface area contributed by atoms with Gasteiger partial charge in [-0.3, -0.25) is 4.79 Å². The smallest absolute Gasteiger partial charge is 0.263 e. The molecule has 0 radical (unpaired) electrons. The molecule has 0 aliphatic carbocycles. The van der Waals surface area contributed by atoms with E-state index in [-0.39, 0.29) is 5.91 Å². The summed E-state index contributed by atoms with van der Waals surface area (Å²) < 4.78 is 5.49. The highest BCUT2D eigenvalue weighted by molar-refractivity contribution is 7.13. The van der Waals surface area contributed by atoms with E-state index < -0.39 is 0 Å². The summed E-state index contributed by atoms with van der Waals surface area (Å²) in [7, 11) is 0. The molecule has 0 aliphatic rings. The van der Waals surface area contributed by atoms with Gasteiger partial charge in [0.2, 0.25) is 0 Å². The van der Waals surface area contributed by atoms with Gasteiger partial charge < -0.3 is 10.1 Å². The molecule has 0 bridgehead atoms. The highest BCUT2D eigenvalue weighted by atomic mass is 32.1. The number of thiazole rings is 1. The number of aryl methyl sites for hydroxylation is 1. The molecule has 1 amide bonds. The summed E-state index contributed by atoms with van der Waals surface area (Å²) in [5, 5.41) is 4.05. The van der Waals surface area contributed by atoms with Gasteiger partial charge in [0.05, 0.1) is 17.3 Å². The van der Waals surface area contributed by atoms with E-state index in [2.05, 4.69) is 24.1 Å². The second-order valence-corrected chi connectivity index (χ2v) is 7.29. The molecule has 0 saturated heterocycles. The van der Waals surface area contributed by atoms with Crippen LogP contribution in [0.15, 0.2) is 24.3 Å². The molecule has 1 aromatic heterocycles. The van der Waals surface area contributed by atoms with Crippen LogP contribution in [0.4, 0.5) is 0 Å². The Kier molecular flexibility index (Phi) is 6.94. The number of hydrogen-bond acceptors (Lipinski definition) is 4. The minimum Gasteiger partial charge on any atom is -0.377 e. The minimum atomic E-state index is -0.0498. The van der Waals surface area contributed by atoms with E-state index in [9.17, 15) is 4.79 Å². The second-order valence-electron chi connectivity index (χ2n) is 6.21. The third-order valence-electron chi connectivity index (χ3n) is 3.65. The molecule has 0 saturated carbocycles. The third kappa shape index (κ3) is 5.14. The fraction of sp³-hybridized carbons (Fsp3) is 0.474. The van der Waals surface area contributed by atoms with Gasteiger partial charge in [0.1, 0.15) is 4.88 Å². The largest absolute Gasteiger partial charge is 0.377 e. The fourth-order valence-electron chi connectivity index (χ4n) is 2.44. The predicted molar refractivity (Wildman–Crippen MR) is 98.3 cm³/mol. The summed E-state index contributed by atoms with van der Waals surface area (Å²) in [4.78, 5) is 17.7. The van der Waals surface area contributed by atoms with E-state index in [1.807, 2.05) is 38.1 Å². The lowest BCUT2D eigenvalue weighted by Crippen LogP contribution is -2.23. The summed E-state index contributed by atoms with van der Waals surface area (Å²) in [6.45, 7) is 9.94. The highest BCUT2D eigenvalue weighted by Gasteiger charge is 2.16. The normalized spacial score (nSPS) is 11.0. The van der Waals surface area contributed by atoms with Crippen LogP contribution in [0.1, 0.15) is 52.3 Å². The zero-order valence-electron chi connectivity index (χ0n) is 14.9. The number of aromatic nitrogens is 1. The zero-order valence-corrected chi connectivity index (χ0v) is 15.7. The molecule has 0 atom stereocenters. The molecule has 1 heterocycles. The molecule has 0 spiro atoms. The van der Waals surface area contributed by atoms with Crippen LogP contribution >= 0.6 is 11.3 Å². The van der Waals surface area contributed by atoms with Gasteiger partial charge in [0.15, 0.2) is 0 Å². The standard InChI is InChI=1S/C19H26N2O2S/c1-5-23-12-16-9-7-6-8-15(16)11-20-19(22)18-14(4)21-17(24-18)10-13(2)3/h6-9,13H,5,10-12H2,1-4H3,(H,20,22).